The number of aromatic nitrogens is 1. The van der Waals surface area contributed by atoms with Gasteiger partial charge in [0.05, 0.1) is 19.3 Å². The third kappa shape index (κ3) is 5.88. The van der Waals surface area contributed by atoms with Crippen molar-refractivity contribution in [3.63, 3.8) is 0 Å². The maximum absolute atomic E-state index is 13.0. The molecule has 4 rings (SSSR count). The van der Waals surface area contributed by atoms with Gasteiger partial charge in [-0.1, -0.05) is 41.4 Å². The molecule has 6 nitrogen and oxygen atoms in total. The molecular weight excluding hydrogens is 477 g/mol. The molecule has 1 aromatic heterocycles. The second-order valence-electron chi connectivity index (χ2n) is 8.13. The van der Waals surface area contributed by atoms with Crippen molar-refractivity contribution in [2.75, 3.05) is 13.7 Å². The molecule has 1 saturated carbocycles. The van der Waals surface area contributed by atoms with Crippen LogP contribution in [0.25, 0.3) is 0 Å². The van der Waals surface area contributed by atoms with E-state index >= 15 is 0 Å². The Balaban J connectivity index is 1.65. The molecule has 176 valence electrons. The van der Waals surface area contributed by atoms with Crippen LogP contribution < -0.4 is 14.5 Å². The highest BCUT2D eigenvalue weighted by atomic mass is 35.5. The average Bonchev–Trinajstić information content (AvgIpc) is 3.68. The molecule has 0 saturated heterocycles. The molecule has 0 amide bonds. The minimum absolute atomic E-state index is 0.249. The molecule has 0 radical (unpaired) electrons. The molecule has 34 heavy (non-hydrogen) atoms. The Morgan fingerprint density at radius 2 is 1.79 bits per heavy atom. The van der Waals surface area contributed by atoms with Crippen LogP contribution in [-0.4, -0.2) is 26.0 Å². The largest absolute Gasteiger partial charge is 0.493 e. The molecule has 1 unspecified atom stereocenters. The highest BCUT2D eigenvalue weighted by Gasteiger charge is 2.25. The second-order valence-corrected chi connectivity index (χ2v) is 8.95. The number of pyridine rings is 1. The van der Waals surface area contributed by atoms with Crippen molar-refractivity contribution in [1.29, 1.82) is 0 Å². The molecule has 2 aromatic carbocycles. The van der Waals surface area contributed by atoms with Crippen molar-refractivity contribution < 1.29 is 28.8 Å². The van der Waals surface area contributed by atoms with E-state index in [-0.39, 0.29) is 6.42 Å². The Hall–Kier alpha value is -3.09. The Bertz CT molecular complexity index is 1160. The lowest BCUT2D eigenvalue weighted by molar-refractivity contribution is -0.377. The average molecular weight is 501 g/mol. The first-order valence-corrected chi connectivity index (χ1v) is 11.6. The number of carbonyl (C=O) groups is 2. The van der Waals surface area contributed by atoms with Crippen LogP contribution in [0.4, 0.5) is 0 Å². The van der Waals surface area contributed by atoms with Gasteiger partial charge in [0.15, 0.2) is 23.9 Å². The van der Waals surface area contributed by atoms with E-state index in [1.807, 2.05) is 12.1 Å². The number of aromatic amines is 1. The first-order valence-electron chi connectivity index (χ1n) is 10.9. The van der Waals surface area contributed by atoms with Gasteiger partial charge >= 0.3 is 5.97 Å². The van der Waals surface area contributed by atoms with Crippen molar-refractivity contribution in [2.45, 2.75) is 25.4 Å². The number of nitrogens with one attached hydrogen (secondary N) is 1. The smallest absolute Gasteiger partial charge is 0.338 e. The third-order valence-corrected chi connectivity index (χ3v) is 6.32. The summed E-state index contributed by atoms with van der Waals surface area (Å²) in [6.07, 6.45) is 5.83. The van der Waals surface area contributed by atoms with Crippen LogP contribution >= 0.6 is 23.2 Å². The first kappa shape index (κ1) is 24.0. The number of hydrogen-bond donors (Lipinski definition) is 0. The molecular formula is C26H24Cl2NO5+. The van der Waals surface area contributed by atoms with Gasteiger partial charge in [0.25, 0.3) is 0 Å². The molecule has 8 heteroatoms. The van der Waals surface area contributed by atoms with Crippen LogP contribution in [0.3, 0.4) is 0 Å². The maximum Gasteiger partial charge on any atom is 0.338 e. The number of H-pyrrole nitrogens is 1. The van der Waals surface area contributed by atoms with Crippen LogP contribution in [0.2, 0.25) is 10.0 Å². The monoisotopic (exact) mass is 500 g/mol. The summed E-state index contributed by atoms with van der Waals surface area (Å²) < 4.78 is 17.4. The van der Waals surface area contributed by atoms with Gasteiger partial charge in [-0.15, -0.1) is 0 Å². The summed E-state index contributed by atoms with van der Waals surface area (Å²) >= 11 is 12.8. The van der Waals surface area contributed by atoms with Gasteiger partial charge in [0.2, 0.25) is 0 Å². The van der Waals surface area contributed by atoms with Crippen molar-refractivity contribution in [3.05, 3.63) is 87.2 Å². The van der Waals surface area contributed by atoms with Crippen LogP contribution in [0.5, 0.6) is 11.5 Å². The van der Waals surface area contributed by atoms with Crippen molar-refractivity contribution >= 4 is 35.5 Å². The minimum Gasteiger partial charge on any atom is -0.493 e. The van der Waals surface area contributed by atoms with E-state index < -0.39 is 12.1 Å². The van der Waals surface area contributed by atoms with Gasteiger partial charge in [0.1, 0.15) is 22.4 Å². The van der Waals surface area contributed by atoms with E-state index in [9.17, 15) is 9.59 Å². The zero-order valence-corrected chi connectivity index (χ0v) is 20.1. The maximum atomic E-state index is 13.0. The second kappa shape index (κ2) is 10.9. The number of methoxy groups -OCH3 is 1. The molecule has 1 N–H and O–H groups in total. The lowest BCUT2D eigenvalue weighted by Gasteiger charge is -2.21. The molecule has 0 bridgehead atoms. The van der Waals surface area contributed by atoms with Crippen LogP contribution in [0.1, 0.15) is 50.8 Å². The predicted octanol–water partition coefficient (Wildman–Crippen LogP) is 5.56. The topological polar surface area (TPSA) is 76.0 Å². The molecule has 1 fully saturated rings. The van der Waals surface area contributed by atoms with Gasteiger partial charge < -0.3 is 14.2 Å². The van der Waals surface area contributed by atoms with Gasteiger partial charge in [-0.3, -0.25) is 4.79 Å². The van der Waals surface area contributed by atoms with Crippen LogP contribution in [-0.2, 0) is 11.2 Å². The number of esters is 1. The number of carbonyl (C=O) groups excluding carboxylic acids is 2. The standard InChI is InChI=1S/C26H23Cl2NO5/c1-32-23-9-8-19(10-25(23)33-15-17-2-3-17)24(11-20-21(27)12-29-13-22(20)28)34-26(31)18-6-4-16(14-30)5-7-18/h4-10,12-14,17,24H,2-3,11,15H2,1H3/p+1. The van der Waals surface area contributed by atoms with Gasteiger partial charge in [-0.25, -0.2) is 9.78 Å². The Morgan fingerprint density at radius 1 is 1.09 bits per heavy atom. The Kier molecular flexibility index (Phi) is 7.70. The normalized spacial score (nSPS) is 13.7. The van der Waals surface area contributed by atoms with E-state index in [0.717, 1.165) is 19.1 Å². The third-order valence-electron chi connectivity index (χ3n) is 5.65. The highest BCUT2D eigenvalue weighted by Crippen LogP contribution is 2.37. The molecule has 1 atom stereocenters. The minimum atomic E-state index is -0.704. The number of hydrogen-bond acceptors (Lipinski definition) is 5. The zero-order chi connectivity index (χ0) is 24.1. The van der Waals surface area contributed by atoms with E-state index in [4.69, 9.17) is 37.4 Å². The van der Waals surface area contributed by atoms with Gasteiger partial charge in [-0.2, -0.15) is 0 Å². The quantitative estimate of drug-likeness (QED) is 0.269. The fourth-order valence-electron chi connectivity index (χ4n) is 3.48. The van der Waals surface area contributed by atoms with Gasteiger partial charge in [-0.05, 0) is 48.6 Å². The number of ether oxygens (including phenoxy) is 3. The Labute approximate surface area is 207 Å². The van der Waals surface area contributed by atoms with E-state index in [0.29, 0.717) is 56.3 Å². The first-order chi connectivity index (χ1) is 16.5. The summed E-state index contributed by atoms with van der Waals surface area (Å²) in [7, 11) is 1.58. The highest BCUT2D eigenvalue weighted by molar-refractivity contribution is 6.35. The van der Waals surface area contributed by atoms with E-state index in [2.05, 4.69) is 4.98 Å². The molecule has 0 spiro atoms. The Morgan fingerprint density at radius 3 is 2.41 bits per heavy atom. The summed E-state index contributed by atoms with van der Waals surface area (Å²) in [6, 6.07) is 11.7. The van der Waals surface area contributed by atoms with Crippen molar-refractivity contribution in [2.24, 2.45) is 5.92 Å². The molecule has 1 aliphatic carbocycles. The fraction of sp³-hybridized carbons (Fsp3) is 0.269. The summed E-state index contributed by atoms with van der Waals surface area (Å²) in [4.78, 5) is 26.8. The van der Waals surface area contributed by atoms with E-state index in [1.54, 1.807) is 49.8 Å². The SMILES string of the molecule is COc1ccc(C(Cc2c(Cl)c[nH+]cc2Cl)OC(=O)c2ccc(C=O)cc2)cc1OCC1CC1. The van der Waals surface area contributed by atoms with Crippen molar-refractivity contribution in [3.8, 4) is 11.5 Å². The lowest BCUT2D eigenvalue weighted by Crippen LogP contribution is -2.16. The number of rotatable bonds is 10. The summed E-state index contributed by atoms with van der Waals surface area (Å²) in [6.45, 7) is 0.611. The van der Waals surface area contributed by atoms with E-state index in [1.165, 1.54) is 0 Å². The van der Waals surface area contributed by atoms with Crippen LogP contribution in [0, 0.1) is 5.92 Å². The zero-order valence-electron chi connectivity index (χ0n) is 18.6. The molecule has 0 aliphatic heterocycles. The van der Waals surface area contributed by atoms with Gasteiger partial charge in [0, 0.05) is 17.5 Å². The number of benzene rings is 2. The predicted molar refractivity (Wildman–Crippen MR) is 128 cm³/mol. The summed E-state index contributed by atoms with van der Waals surface area (Å²) in [5.41, 5.74) is 2.16. The fourth-order valence-corrected chi connectivity index (χ4v) is 4.01. The van der Waals surface area contributed by atoms with Crippen LogP contribution in [0.15, 0.2) is 54.9 Å². The number of aldehydes is 1. The number of halogens is 2. The molecule has 1 heterocycles. The molecule has 3 aromatic rings. The summed E-state index contributed by atoms with van der Waals surface area (Å²) in [5.74, 6) is 1.22. The lowest BCUT2D eigenvalue weighted by atomic mass is 10.0. The molecule has 1 aliphatic rings. The van der Waals surface area contributed by atoms with Crippen molar-refractivity contribution in [1.82, 2.24) is 0 Å². The summed E-state index contributed by atoms with van der Waals surface area (Å²) in [5, 5.41) is 0.866.